The van der Waals surface area contributed by atoms with Gasteiger partial charge in [0, 0.05) is 12.1 Å². The lowest BCUT2D eigenvalue weighted by Crippen LogP contribution is -2.01. The van der Waals surface area contributed by atoms with Gasteiger partial charge in [-0.1, -0.05) is 30.3 Å². The Kier molecular flexibility index (Phi) is 3.82. The largest absolute Gasteiger partial charge is 0.456 e. The molecule has 0 aliphatic heterocycles. The molecule has 2 nitrogen and oxygen atoms in total. The first kappa shape index (κ1) is 12.1. The van der Waals surface area contributed by atoms with Gasteiger partial charge in [-0.3, -0.25) is 0 Å². The van der Waals surface area contributed by atoms with E-state index in [0.717, 1.165) is 27.1 Å². The highest BCUT2D eigenvalue weighted by Gasteiger charge is 2.08. The molecule has 0 bridgehead atoms. The summed E-state index contributed by atoms with van der Waals surface area (Å²) < 4.78 is 6.87. The molecule has 3 heteroatoms. The van der Waals surface area contributed by atoms with Gasteiger partial charge in [0.2, 0.25) is 0 Å². The number of hydrogen-bond donors (Lipinski definition) is 1. The van der Waals surface area contributed by atoms with Gasteiger partial charge in [0.15, 0.2) is 0 Å². The van der Waals surface area contributed by atoms with Gasteiger partial charge in [0.05, 0.1) is 4.47 Å². The molecule has 0 aliphatic carbocycles. The lowest BCUT2D eigenvalue weighted by molar-refractivity contribution is 0.469. The number of nitrogens with two attached hydrogens (primary N) is 1. The van der Waals surface area contributed by atoms with Gasteiger partial charge in [0.25, 0.3) is 0 Å². The molecule has 2 rings (SSSR count). The van der Waals surface area contributed by atoms with E-state index >= 15 is 0 Å². The molecule has 88 valence electrons. The van der Waals surface area contributed by atoms with Crippen LogP contribution in [0.4, 0.5) is 0 Å². The highest BCUT2D eigenvalue weighted by atomic mass is 79.9. The fourth-order valence-corrected chi connectivity index (χ4v) is 2.02. The van der Waals surface area contributed by atoms with E-state index in [-0.39, 0.29) is 0 Å². The summed E-state index contributed by atoms with van der Waals surface area (Å²) in [5, 5.41) is 0. The maximum absolute atomic E-state index is 5.94. The second-order valence-corrected chi connectivity index (χ2v) is 4.65. The molecule has 0 aliphatic rings. The van der Waals surface area contributed by atoms with Crippen molar-refractivity contribution >= 4 is 15.9 Å². The molecule has 2 aromatic rings. The summed E-state index contributed by atoms with van der Waals surface area (Å²) in [6, 6.07) is 13.8. The number of aryl methyl sites for hydroxylation is 1. The summed E-state index contributed by atoms with van der Waals surface area (Å²) in [7, 11) is 0. The molecular weight excluding hydrogens is 278 g/mol. The average molecular weight is 292 g/mol. The number of para-hydroxylation sites is 2. The number of benzene rings is 2. The molecule has 2 aromatic carbocycles. The van der Waals surface area contributed by atoms with Crippen LogP contribution in [0.25, 0.3) is 0 Å². The Balaban J connectivity index is 2.39. The molecule has 0 amide bonds. The third-order valence-corrected chi connectivity index (χ3v) is 3.22. The summed E-state index contributed by atoms with van der Waals surface area (Å²) in [5.41, 5.74) is 7.82. The monoisotopic (exact) mass is 291 g/mol. The highest BCUT2D eigenvalue weighted by molar-refractivity contribution is 9.10. The van der Waals surface area contributed by atoms with E-state index in [9.17, 15) is 0 Å². The van der Waals surface area contributed by atoms with Crippen LogP contribution in [0.1, 0.15) is 11.1 Å². The van der Waals surface area contributed by atoms with E-state index in [1.807, 2.05) is 49.4 Å². The first-order chi connectivity index (χ1) is 8.22. The lowest BCUT2D eigenvalue weighted by atomic mass is 10.1. The van der Waals surface area contributed by atoms with Crippen LogP contribution < -0.4 is 10.5 Å². The topological polar surface area (TPSA) is 35.2 Å². The van der Waals surface area contributed by atoms with Crippen LogP contribution in [0.2, 0.25) is 0 Å². The van der Waals surface area contributed by atoms with Crippen molar-refractivity contribution in [2.75, 3.05) is 0 Å². The van der Waals surface area contributed by atoms with Crippen LogP contribution in [0.3, 0.4) is 0 Å². The van der Waals surface area contributed by atoms with Crippen molar-refractivity contribution in [3.05, 3.63) is 58.1 Å². The van der Waals surface area contributed by atoms with Crippen molar-refractivity contribution in [1.29, 1.82) is 0 Å². The predicted octanol–water partition coefficient (Wildman–Crippen LogP) is 4.01. The normalized spacial score (nSPS) is 10.3. The van der Waals surface area contributed by atoms with Gasteiger partial charge in [0.1, 0.15) is 11.5 Å². The quantitative estimate of drug-likeness (QED) is 0.927. The maximum Gasteiger partial charge on any atom is 0.141 e. The van der Waals surface area contributed by atoms with Gasteiger partial charge >= 0.3 is 0 Å². The van der Waals surface area contributed by atoms with Crippen molar-refractivity contribution in [3.8, 4) is 11.5 Å². The smallest absolute Gasteiger partial charge is 0.141 e. The Labute approximate surface area is 110 Å². The molecule has 0 saturated heterocycles. The third-order valence-electron chi connectivity index (χ3n) is 2.56. The van der Waals surface area contributed by atoms with Crippen molar-refractivity contribution < 1.29 is 4.74 Å². The van der Waals surface area contributed by atoms with Crippen molar-refractivity contribution in [3.63, 3.8) is 0 Å². The fraction of sp³-hybridized carbons (Fsp3) is 0.143. The van der Waals surface area contributed by atoms with E-state index in [4.69, 9.17) is 10.5 Å². The van der Waals surface area contributed by atoms with E-state index in [1.165, 1.54) is 0 Å². The Hall–Kier alpha value is -1.32. The van der Waals surface area contributed by atoms with Crippen LogP contribution >= 0.6 is 15.9 Å². The molecule has 0 unspecified atom stereocenters. The molecule has 0 fully saturated rings. The number of rotatable bonds is 3. The summed E-state index contributed by atoms with van der Waals surface area (Å²) in [4.78, 5) is 0. The van der Waals surface area contributed by atoms with Crippen LogP contribution in [0, 0.1) is 6.92 Å². The molecule has 0 atom stereocenters. The number of halogens is 1. The van der Waals surface area contributed by atoms with Gasteiger partial charge in [-0.2, -0.15) is 0 Å². The molecule has 0 aromatic heterocycles. The van der Waals surface area contributed by atoms with E-state index in [2.05, 4.69) is 15.9 Å². The molecule has 0 heterocycles. The number of hydrogen-bond acceptors (Lipinski definition) is 2. The van der Waals surface area contributed by atoms with Gasteiger partial charge < -0.3 is 10.5 Å². The SMILES string of the molecule is Cc1cccc(CN)c1Oc1ccccc1Br. The standard InChI is InChI=1S/C14H14BrNO/c1-10-5-4-6-11(9-16)14(10)17-13-8-3-2-7-12(13)15/h2-8H,9,16H2,1H3. The van der Waals surface area contributed by atoms with E-state index in [0.29, 0.717) is 6.54 Å². The second-order valence-electron chi connectivity index (χ2n) is 3.80. The fourth-order valence-electron chi connectivity index (χ4n) is 1.66. The summed E-state index contributed by atoms with van der Waals surface area (Å²) in [5.74, 6) is 1.65. The zero-order chi connectivity index (χ0) is 12.3. The van der Waals surface area contributed by atoms with Crippen molar-refractivity contribution in [1.82, 2.24) is 0 Å². The predicted molar refractivity (Wildman–Crippen MR) is 73.3 cm³/mol. The summed E-state index contributed by atoms with van der Waals surface area (Å²) in [6.07, 6.45) is 0. The lowest BCUT2D eigenvalue weighted by Gasteiger charge is -2.13. The molecule has 0 saturated carbocycles. The van der Waals surface area contributed by atoms with Gasteiger partial charge in [-0.25, -0.2) is 0 Å². The summed E-state index contributed by atoms with van der Waals surface area (Å²) >= 11 is 3.47. The Morgan fingerprint density at radius 2 is 1.88 bits per heavy atom. The minimum Gasteiger partial charge on any atom is -0.456 e. The third kappa shape index (κ3) is 2.68. The van der Waals surface area contributed by atoms with Crippen molar-refractivity contribution in [2.24, 2.45) is 5.73 Å². The van der Waals surface area contributed by atoms with Crippen LogP contribution in [-0.4, -0.2) is 0 Å². The van der Waals surface area contributed by atoms with Gasteiger partial charge in [-0.15, -0.1) is 0 Å². The first-order valence-corrected chi connectivity index (χ1v) is 6.22. The maximum atomic E-state index is 5.94. The zero-order valence-electron chi connectivity index (χ0n) is 9.61. The van der Waals surface area contributed by atoms with Crippen LogP contribution in [0.15, 0.2) is 46.9 Å². The second kappa shape index (κ2) is 5.34. The van der Waals surface area contributed by atoms with E-state index < -0.39 is 0 Å². The average Bonchev–Trinajstić information content (AvgIpc) is 2.34. The number of ether oxygens (including phenoxy) is 1. The van der Waals surface area contributed by atoms with E-state index in [1.54, 1.807) is 0 Å². The van der Waals surface area contributed by atoms with Crippen LogP contribution in [0.5, 0.6) is 11.5 Å². The molecular formula is C14H14BrNO. The molecule has 0 radical (unpaired) electrons. The first-order valence-electron chi connectivity index (χ1n) is 5.43. The van der Waals surface area contributed by atoms with Gasteiger partial charge in [-0.05, 0) is 40.5 Å². The highest BCUT2D eigenvalue weighted by Crippen LogP contribution is 2.33. The molecule has 2 N–H and O–H groups in total. The molecule has 17 heavy (non-hydrogen) atoms. The molecule has 0 spiro atoms. The zero-order valence-corrected chi connectivity index (χ0v) is 11.2. The Morgan fingerprint density at radius 1 is 1.12 bits per heavy atom. The minimum atomic E-state index is 0.474. The van der Waals surface area contributed by atoms with Crippen molar-refractivity contribution in [2.45, 2.75) is 13.5 Å². The summed E-state index contributed by atoms with van der Waals surface area (Å²) in [6.45, 7) is 2.49. The minimum absolute atomic E-state index is 0.474. The Morgan fingerprint density at radius 3 is 2.59 bits per heavy atom. The van der Waals surface area contributed by atoms with Crippen LogP contribution in [-0.2, 0) is 6.54 Å². The Bertz CT molecular complexity index is 525.